The van der Waals surface area contributed by atoms with E-state index in [-0.39, 0.29) is 5.84 Å². The van der Waals surface area contributed by atoms with E-state index in [1.165, 1.54) is 6.42 Å². The van der Waals surface area contributed by atoms with Gasteiger partial charge < -0.3 is 10.3 Å². The first-order chi connectivity index (χ1) is 6.18. The van der Waals surface area contributed by atoms with E-state index in [0.717, 1.165) is 18.7 Å². The molecule has 1 aliphatic heterocycles. The minimum atomic E-state index is 0.0864. The van der Waals surface area contributed by atoms with Crippen LogP contribution in [0.5, 0.6) is 0 Å². The normalized spacial score (nSPS) is 21.2. The molecule has 2 rings (SSSR count). The molecule has 1 atom stereocenters. The predicted octanol–water partition coefficient (Wildman–Crippen LogP) is 0.749. The molecule has 0 saturated carbocycles. The molecule has 1 aromatic rings. The molecule has 4 heteroatoms. The maximum Gasteiger partial charge on any atom is 0.143 e. The summed E-state index contributed by atoms with van der Waals surface area (Å²) in [5.41, 5.74) is 7.23. The number of nitrogens with zero attached hydrogens (tertiary/aromatic N) is 2. The van der Waals surface area contributed by atoms with Gasteiger partial charge in [0.1, 0.15) is 11.5 Å². The number of amidine groups is 1. The quantitative estimate of drug-likeness (QED) is 0.492. The van der Waals surface area contributed by atoms with Crippen LogP contribution in [0.2, 0.25) is 0 Å². The van der Waals surface area contributed by atoms with E-state index in [9.17, 15) is 0 Å². The molecule has 1 unspecified atom stereocenters. The Bertz CT molecular complexity index is 339. The number of imidazole rings is 1. The van der Waals surface area contributed by atoms with Gasteiger partial charge in [-0.05, 0) is 18.8 Å². The third kappa shape index (κ3) is 1.32. The highest BCUT2D eigenvalue weighted by Crippen LogP contribution is 2.21. The van der Waals surface area contributed by atoms with Crippen LogP contribution < -0.4 is 5.73 Å². The van der Waals surface area contributed by atoms with Crippen LogP contribution in [0.4, 0.5) is 0 Å². The van der Waals surface area contributed by atoms with Gasteiger partial charge in [0.05, 0.1) is 6.33 Å². The molecule has 3 N–H and O–H groups in total. The molecule has 13 heavy (non-hydrogen) atoms. The monoisotopic (exact) mass is 178 g/mol. The van der Waals surface area contributed by atoms with Crippen LogP contribution in [0.15, 0.2) is 6.33 Å². The molecule has 4 nitrogen and oxygen atoms in total. The topological polar surface area (TPSA) is 67.7 Å². The Labute approximate surface area is 77.3 Å². The highest BCUT2D eigenvalue weighted by Gasteiger charge is 2.19. The Hall–Kier alpha value is -1.32. The molecular weight excluding hydrogens is 164 g/mol. The van der Waals surface area contributed by atoms with Crippen LogP contribution in [0.1, 0.15) is 24.7 Å². The van der Waals surface area contributed by atoms with E-state index < -0.39 is 0 Å². The Balaban J connectivity index is 2.39. The maximum absolute atomic E-state index is 7.34. The number of rotatable bonds is 1. The van der Waals surface area contributed by atoms with Crippen molar-refractivity contribution in [3.8, 4) is 0 Å². The minimum absolute atomic E-state index is 0.0864. The predicted molar refractivity (Wildman–Crippen MR) is 50.7 cm³/mol. The van der Waals surface area contributed by atoms with E-state index in [4.69, 9.17) is 11.1 Å². The van der Waals surface area contributed by atoms with E-state index >= 15 is 0 Å². The molecule has 0 aromatic carbocycles. The summed E-state index contributed by atoms with van der Waals surface area (Å²) in [7, 11) is 0. The zero-order chi connectivity index (χ0) is 9.42. The molecule has 0 amide bonds. The number of nitrogens with one attached hydrogen (secondary N) is 1. The summed E-state index contributed by atoms with van der Waals surface area (Å²) in [5, 5.41) is 7.34. The molecule has 1 aromatic heterocycles. The largest absolute Gasteiger partial charge is 0.382 e. The van der Waals surface area contributed by atoms with Crippen LogP contribution in [0.25, 0.3) is 0 Å². The molecule has 0 radical (unpaired) electrons. The van der Waals surface area contributed by atoms with Crippen molar-refractivity contribution in [3.05, 3.63) is 17.7 Å². The van der Waals surface area contributed by atoms with E-state index in [0.29, 0.717) is 11.6 Å². The van der Waals surface area contributed by atoms with Gasteiger partial charge in [0.2, 0.25) is 0 Å². The van der Waals surface area contributed by atoms with E-state index in [2.05, 4.69) is 16.5 Å². The van der Waals surface area contributed by atoms with Crippen molar-refractivity contribution in [3.63, 3.8) is 0 Å². The van der Waals surface area contributed by atoms with Crippen LogP contribution in [0, 0.1) is 11.3 Å². The molecule has 0 aliphatic carbocycles. The molecule has 0 saturated heterocycles. The van der Waals surface area contributed by atoms with Gasteiger partial charge in [0, 0.05) is 12.2 Å². The van der Waals surface area contributed by atoms with Crippen molar-refractivity contribution < 1.29 is 0 Å². The number of aromatic nitrogens is 2. The third-order valence-electron chi connectivity index (χ3n) is 2.58. The second kappa shape index (κ2) is 2.87. The Morgan fingerprint density at radius 2 is 2.54 bits per heavy atom. The van der Waals surface area contributed by atoms with Crippen molar-refractivity contribution in [1.29, 1.82) is 5.41 Å². The number of hydrogen-bond donors (Lipinski definition) is 2. The summed E-state index contributed by atoms with van der Waals surface area (Å²) < 4.78 is 2.12. The Morgan fingerprint density at radius 1 is 1.77 bits per heavy atom. The van der Waals surface area contributed by atoms with Gasteiger partial charge in [-0.2, -0.15) is 0 Å². The van der Waals surface area contributed by atoms with Crippen molar-refractivity contribution in [2.75, 3.05) is 0 Å². The first-order valence-electron chi connectivity index (χ1n) is 4.57. The van der Waals surface area contributed by atoms with Crippen molar-refractivity contribution >= 4 is 5.84 Å². The molecule has 1 aliphatic rings. The average molecular weight is 178 g/mol. The lowest BCUT2D eigenvalue weighted by Gasteiger charge is -2.20. The fraction of sp³-hybridized carbons (Fsp3) is 0.556. The van der Waals surface area contributed by atoms with Gasteiger partial charge in [-0.3, -0.25) is 5.41 Å². The standard InChI is InChI=1S/C9H14N4/c1-6-2-3-7-8(9(10)11)12-5-13(7)4-6/h5-6H,2-4H2,1H3,(H3,10,11). The lowest BCUT2D eigenvalue weighted by Crippen LogP contribution is -2.21. The Kier molecular flexibility index (Phi) is 1.83. The molecule has 2 heterocycles. The summed E-state index contributed by atoms with van der Waals surface area (Å²) in [6, 6.07) is 0. The van der Waals surface area contributed by atoms with Gasteiger partial charge in [0.15, 0.2) is 0 Å². The fourth-order valence-electron chi connectivity index (χ4n) is 1.86. The summed E-state index contributed by atoms with van der Waals surface area (Å²) in [6.45, 7) is 3.24. The van der Waals surface area contributed by atoms with Crippen molar-refractivity contribution in [1.82, 2.24) is 9.55 Å². The Morgan fingerprint density at radius 3 is 3.23 bits per heavy atom. The van der Waals surface area contributed by atoms with Crippen LogP contribution in [-0.4, -0.2) is 15.4 Å². The maximum atomic E-state index is 7.34. The molecule has 0 fully saturated rings. The van der Waals surface area contributed by atoms with Crippen LogP contribution >= 0.6 is 0 Å². The second-order valence-electron chi connectivity index (χ2n) is 3.75. The molecule has 0 spiro atoms. The third-order valence-corrected chi connectivity index (χ3v) is 2.58. The number of hydrogen-bond acceptors (Lipinski definition) is 2. The lowest BCUT2D eigenvalue weighted by atomic mass is 9.99. The zero-order valence-electron chi connectivity index (χ0n) is 7.75. The molecule has 0 bridgehead atoms. The SMILES string of the molecule is CC1CCc2c(C(=N)N)ncn2C1. The zero-order valence-corrected chi connectivity index (χ0v) is 7.75. The number of fused-ring (bicyclic) bond motifs is 1. The first kappa shape index (κ1) is 8.29. The summed E-state index contributed by atoms with van der Waals surface area (Å²) in [6.07, 6.45) is 3.96. The van der Waals surface area contributed by atoms with Gasteiger partial charge in [-0.1, -0.05) is 6.92 Å². The van der Waals surface area contributed by atoms with Gasteiger partial charge in [0.25, 0.3) is 0 Å². The average Bonchev–Trinajstić information content (AvgIpc) is 2.46. The van der Waals surface area contributed by atoms with Crippen molar-refractivity contribution in [2.24, 2.45) is 11.7 Å². The van der Waals surface area contributed by atoms with Gasteiger partial charge in [-0.15, -0.1) is 0 Å². The molecular formula is C9H14N4. The summed E-state index contributed by atoms with van der Waals surface area (Å²) >= 11 is 0. The molecule has 70 valence electrons. The number of nitrogen functional groups attached to an aromatic ring is 1. The lowest BCUT2D eigenvalue weighted by molar-refractivity contribution is 0.399. The first-order valence-corrected chi connectivity index (χ1v) is 4.57. The fourth-order valence-corrected chi connectivity index (χ4v) is 1.86. The number of nitrogens with two attached hydrogens (primary N) is 1. The van der Waals surface area contributed by atoms with Crippen molar-refractivity contribution in [2.45, 2.75) is 26.3 Å². The minimum Gasteiger partial charge on any atom is -0.382 e. The van der Waals surface area contributed by atoms with Gasteiger partial charge in [-0.25, -0.2) is 4.98 Å². The van der Waals surface area contributed by atoms with Crippen LogP contribution in [-0.2, 0) is 13.0 Å². The van der Waals surface area contributed by atoms with E-state index in [1.807, 2.05) is 0 Å². The highest BCUT2D eigenvalue weighted by molar-refractivity contribution is 5.94. The summed E-state index contributed by atoms with van der Waals surface area (Å²) in [4.78, 5) is 4.15. The van der Waals surface area contributed by atoms with Crippen LogP contribution in [0.3, 0.4) is 0 Å². The second-order valence-corrected chi connectivity index (χ2v) is 3.75. The smallest absolute Gasteiger partial charge is 0.143 e. The summed E-state index contributed by atoms with van der Waals surface area (Å²) in [5.74, 6) is 0.796. The van der Waals surface area contributed by atoms with E-state index in [1.54, 1.807) is 6.33 Å². The highest BCUT2D eigenvalue weighted by atomic mass is 15.1. The van der Waals surface area contributed by atoms with Gasteiger partial charge >= 0.3 is 0 Å².